The minimum Gasteiger partial charge on any atom is -0.444 e. The van der Waals surface area contributed by atoms with Gasteiger partial charge in [0.15, 0.2) is 0 Å². The minimum atomic E-state index is -4.41. The standard InChI is InChI=1S/C9H15F3NO2/c1-6(5-9(10,11)12)13-7(14)15-8(2,3)4/h5-6H,1-4H3,(H,13,14)/t6-/m0/s1. The molecule has 15 heavy (non-hydrogen) atoms. The number of amides is 1. The van der Waals surface area contributed by atoms with E-state index >= 15 is 0 Å². The van der Waals surface area contributed by atoms with Crippen LogP contribution in [0.2, 0.25) is 0 Å². The van der Waals surface area contributed by atoms with Crippen LogP contribution in [0.25, 0.3) is 0 Å². The van der Waals surface area contributed by atoms with Gasteiger partial charge in [-0.3, -0.25) is 0 Å². The summed E-state index contributed by atoms with van der Waals surface area (Å²) in [7, 11) is 0. The molecular weight excluding hydrogens is 211 g/mol. The highest BCUT2D eigenvalue weighted by Gasteiger charge is 2.31. The van der Waals surface area contributed by atoms with Crippen LogP contribution in [0.3, 0.4) is 0 Å². The predicted octanol–water partition coefficient (Wildman–Crippen LogP) is 2.67. The third kappa shape index (κ3) is 9.37. The largest absolute Gasteiger partial charge is 0.444 e. The fourth-order valence-electron chi connectivity index (χ4n) is 0.819. The van der Waals surface area contributed by atoms with Crippen molar-refractivity contribution in [3.05, 3.63) is 6.42 Å². The monoisotopic (exact) mass is 226 g/mol. The maximum atomic E-state index is 11.8. The number of halogens is 3. The Bertz CT molecular complexity index is 220. The second-order valence-electron chi connectivity index (χ2n) is 4.14. The van der Waals surface area contributed by atoms with Crippen LogP contribution >= 0.6 is 0 Å². The molecule has 0 unspecified atom stereocenters. The van der Waals surface area contributed by atoms with Gasteiger partial charge in [0.2, 0.25) is 0 Å². The maximum absolute atomic E-state index is 11.8. The van der Waals surface area contributed by atoms with Gasteiger partial charge in [0.1, 0.15) is 5.60 Å². The summed E-state index contributed by atoms with van der Waals surface area (Å²) in [6, 6.07) is -1.11. The third-order valence-corrected chi connectivity index (χ3v) is 1.18. The number of rotatable bonds is 2. The van der Waals surface area contributed by atoms with Crippen molar-refractivity contribution in [3.63, 3.8) is 0 Å². The number of carbonyl (C=O) groups excluding carboxylic acids is 1. The fourth-order valence-corrected chi connectivity index (χ4v) is 0.819. The lowest BCUT2D eigenvalue weighted by molar-refractivity contribution is -0.100. The Morgan fingerprint density at radius 2 is 1.80 bits per heavy atom. The quantitative estimate of drug-likeness (QED) is 0.786. The molecule has 0 aromatic carbocycles. The van der Waals surface area contributed by atoms with Gasteiger partial charge < -0.3 is 10.1 Å². The first-order valence-electron chi connectivity index (χ1n) is 4.42. The molecule has 0 aromatic heterocycles. The van der Waals surface area contributed by atoms with Crippen molar-refractivity contribution in [3.8, 4) is 0 Å². The van der Waals surface area contributed by atoms with Crippen molar-refractivity contribution in [1.29, 1.82) is 0 Å². The molecule has 0 heterocycles. The second kappa shape index (κ2) is 4.72. The minimum absolute atomic E-state index is 0.0803. The van der Waals surface area contributed by atoms with Crippen LogP contribution in [0.4, 0.5) is 18.0 Å². The van der Waals surface area contributed by atoms with Crippen molar-refractivity contribution < 1.29 is 22.7 Å². The molecule has 1 radical (unpaired) electrons. The van der Waals surface area contributed by atoms with Gasteiger partial charge in [0.05, 0.1) is 6.42 Å². The first kappa shape index (κ1) is 14.1. The number of hydrogen-bond acceptors (Lipinski definition) is 2. The van der Waals surface area contributed by atoms with Gasteiger partial charge in [-0.05, 0) is 27.7 Å². The normalized spacial score (nSPS) is 14.6. The van der Waals surface area contributed by atoms with E-state index in [0.29, 0.717) is 0 Å². The molecule has 0 rings (SSSR count). The Labute approximate surface area is 87.0 Å². The van der Waals surface area contributed by atoms with E-state index in [2.05, 4.69) is 5.32 Å². The Hall–Kier alpha value is -0.940. The highest BCUT2D eigenvalue weighted by Crippen LogP contribution is 2.20. The van der Waals surface area contributed by atoms with Gasteiger partial charge >= 0.3 is 12.3 Å². The zero-order chi connectivity index (χ0) is 12.3. The molecule has 0 aliphatic rings. The van der Waals surface area contributed by atoms with Gasteiger partial charge in [0, 0.05) is 6.04 Å². The molecule has 1 N–H and O–H groups in total. The smallest absolute Gasteiger partial charge is 0.407 e. The van der Waals surface area contributed by atoms with Crippen molar-refractivity contribution in [2.75, 3.05) is 0 Å². The van der Waals surface area contributed by atoms with E-state index in [-0.39, 0.29) is 6.42 Å². The van der Waals surface area contributed by atoms with E-state index < -0.39 is 23.9 Å². The van der Waals surface area contributed by atoms with Crippen LogP contribution in [0.5, 0.6) is 0 Å². The summed E-state index contributed by atoms with van der Waals surface area (Å²) in [6.07, 6.45) is -5.19. The summed E-state index contributed by atoms with van der Waals surface area (Å²) < 4.78 is 40.3. The van der Waals surface area contributed by atoms with Crippen molar-refractivity contribution in [2.24, 2.45) is 0 Å². The molecule has 1 amide bonds. The third-order valence-electron chi connectivity index (χ3n) is 1.18. The average Bonchev–Trinajstić information content (AvgIpc) is 1.73. The highest BCUT2D eigenvalue weighted by atomic mass is 19.4. The van der Waals surface area contributed by atoms with Gasteiger partial charge in [-0.25, -0.2) is 4.79 Å². The molecule has 0 spiro atoms. The number of hydrogen-bond donors (Lipinski definition) is 1. The maximum Gasteiger partial charge on any atom is 0.407 e. The van der Waals surface area contributed by atoms with Crippen LogP contribution in [-0.2, 0) is 4.74 Å². The van der Waals surface area contributed by atoms with E-state index in [9.17, 15) is 18.0 Å². The second-order valence-corrected chi connectivity index (χ2v) is 4.14. The molecule has 0 fully saturated rings. The average molecular weight is 226 g/mol. The number of alkyl carbamates (subject to hydrolysis) is 1. The zero-order valence-corrected chi connectivity index (χ0v) is 9.11. The van der Waals surface area contributed by atoms with E-state index in [0.717, 1.165) is 0 Å². The number of nitrogens with one attached hydrogen (secondary N) is 1. The summed E-state index contributed by atoms with van der Waals surface area (Å²) in [5, 5.41) is 2.06. The van der Waals surface area contributed by atoms with Crippen LogP contribution in [0.15, 0.2) is 0 Å². The first-order chi connectivity index (χ1) is 6.49. The van der Waals surface area contributed by atoms with Crippen LogP contribution in [-0.4, -0.2) is 23.9 Å². The lowest BCUT2D eigenvalue weighted by atomic mass is 10.2. The van der Waals surface area contributed by atoms with Gasteiger partial charge in [-0.15, -0.1) is 0 Å². The van der Waals surface area contributed by atoms with Crippen molar-refractivity contribution in [1.82, 2.24) is 5.32 Å². The first-order valence-corrected chi connectivity index (χ1v) is 4.42. The summed E-state index contributed by atoms with van der Waals surface area (Å²) in [5.74, 6) is 0. The Kier molecular flexibility index (Phi) is 4.42. The topological polar surface area (TPSA) is 38.3 Å². The van der Waals surface area contributed by atoms with Crippen LogP contribution < -0.4 is 5.32 Å². The highest BCUT2D eigenvalue weighted by molar-refractivity contribution is 5.68. The molecule has 0 aromatic rings. The number of alkyl halides is 3. The molecule has 0 saturated carbocycles. The van der Waals surface area contributed by atoms with Crippen molar-refractivity contribution in [2.45, 2.75) is 45.5 Å². The van der Waals surface area contributed by atoms with Gasteiger partial charge in [-0.1, -0.05) is 0 Å². The molecule has 0 aliphatic carbocycles. The summed E-state index contributed by atoms with van der Waals surface area (Å²) in [4.78, 5) is 11.0. The Balaban J connectivity index is 3.98. The van der Waals surface area contributed by atoms with E-state index in [1.807, 2.05) is 0 Å². The number of ether oxygens (including phenoxy) is 1. The van der Waals surface area contributed by atoms with Crippen LogP contribution in [0.1, 0.15) is 27.7 Å². The Morgan fingerprint density at radius 1 is 1.33 bits per heavy atom. The fraction of sp³-hybridized carbons (Fsp3) is 0.778. The van der Waals surface area contributed by atoms with Gasteiger partial charge in [-0.2, -0.15) is 13.2 Å². The molecule has 3 nitrogen and oxygen atoms in total. The molecule has 6 heteroatoms. The predicted molar refractivity (Wildman–Crippen MR) is 49.2 cm³/mol. The summed E-state index contributed by atoms with van der Waals surface area (Å²) >= 11 is 0. The van der Waals surface area contributed by atoms with Gasteiger partial charge in [0.25, 0.3) is 0 Å². The molecular formula is C9H15F3NO2. The molecule has 89 valence electrons. The SMILES string of the molecule is C[C@@H]([CH]C(F)(F)F)NC(=O)OC(C)(C)C. The Morgan fingerprint density at radius 3 is 2.13 bits per heavy atom. The molecule has 0 bridgehead atoms. The van der Waals surface area contributed by atoms with E-state index in [1.165, 1.54) is 6.92 Å². The molecule has 1 atom stereocenters. The lowest BCUT2D eigenvalue weighted by Gasteiger charge is -2.22. The van der Waals surface area contributed by atoms with Crippen molar-refractivity contribution >= 4 is 6.09 Å². The number of carbonyl (C=O) groups is 1. The molecule has 0 aliphatic heterocycles. The molecule has 0 saturated heterocycles. The summed E-state index contributed by atoms with van der Waals surface area (Å²) in [5.41, 5.74) is -0.720. The summed E-state index contributed by atoms with van der Waals surface area (Å²) in [6.45, 7) is 6.11. The lowest BCUT2D eigenvalue weighted by Crippen LogP contribution is -2.40. The van der Waals surface area contributed by atoms with E-state index in [4.69, 9.17) is 4.74 Å². The zero-order valence-electron chi connectivity index (χ0n) is 9.11. The van der Waals surface area contributed by atoms with Crippen LogP contribution in [0, 0.1) is 6.42 Å². The van der Waals surface area contributed by atoms with E-state index in [1.54, 1.807) is 20.8 Å².